The Morgan fingerprint density at radius 3 is 2.70 bits per heavy atom. The van der Waals surface area contributed by atoms with E-state index in [1.165, 1.54) is 25.7 Å². The highest BCUT2D eigenvalue weighted by Crippen LogP contribution is 2.35. The summed E-state index contributed by atoms with van der Waals surface area (Å²) in [7, 11) is 3.32. The first-order chi connectivity index (χ1) is 9.80. The minimum absolute atomic E-state index is 0.110. The molecule has 0 amide bonds. The maximum absolute atomic E-state index is 5.92. The third kappa shape index (κ3) is 3.87. The summed E-state index contributed by atoms with van der Waals surface area (Å²) in [6.07, 6.45) is 5.39. The zero-order valence-electron chi connectivity index (χ0n) is 12.5. The molecule has 0 saturated heterocycles. The van der Waals surface area contributed by atoms with Crippen LogP contribution in [-0.2, 0) is 0 Å². The van der Waals surface area contributed by atoms with Gasteiger partial charge in [-0.05, 0) is 31.4 Å². The topological polar surface area (TPSA) is 56.5 Å². The summed E-state index contributed by atoms with van der Waals surface area (Å²) < 4.78 is 10.8. The molecule has 1 atom stereocenters. The lowest BCUT2D eigenvalue weighted by molar-refractivity contribution is 0.346. The first-order valence-corrected chi connectivity index (χ1v) is 7.44. The van der Waals surface area contributed by atoms with Gasteiger partial charge in [0, 0.05) is 18.2 Å². The number of hydrogen-bond donors (Lipinski definition) is 2. The third-order valence-electron chi connectivity index (χ3n) is 3.92. The molecular formula is C16H26N2O2. The number of nitrogens with two attached hydrogens (primary N) is 1. The molecule has 2 rings (SSSR count). The number of para-hydroxylation sites is 1. The van der Waals surface area contributed by atoms with Gasteiger partial charge >= 0.3 is 0 Å². The Hall–Kier alpha value is -1.26. The summed E-state index contributed by atoms with van der Waals surface area (Å²) in [4.78, 5) is 0. The minimum Gasteiger partial charge on any atom is -0.493 e. The lowest BCUT2D eigenvalue weighted by Gasteiger charge is -2.21. The number of benzene rings is 1. The molecule has 20 heavy (non-hydrogen) atoms. The summed E-state index contributed by atoms with van der Waals surface area (Å²) in [5.74, 6) is 2.52. The van der Waals surface area contributed by atoms with Gasteiger partial charge in [0.05, 0.1) is 14.2 Å². The number of methoxy groups -OCH3 is 2. The Bertz CT molecular complexity index is 419. The molecule has 112 valence electrons. The molecular weight excluding hydrogens is 252 g/mol. The van der Waals surface area contributed by atoms with Crippen LogP contribution in [0.15, 0.2) is 18.2 Å². The molecule has 1 saturated carbocycles. The normalized spacial score (nSPS) is 15.9. The summed E-state index contributed by atoms with van der Waals surface area (Å²) in [5.41, 5.74) is 6.99. The van der Waals surface area contributed by atoms with E-state index in [0.717, 1.165) is 29.5 Å². The second-order valence-electron chi connectivity index (χ2n) is 5.41. The first-order valence-electron chi connectivity index (χ1n) is 7.44. The second-order valence-corrected chi connectivity index (χ2v) is 5.41. The molecule has 3 N–H and O–H groups in total. The molecule has 4 heteroatoms. The maximum atomic E-state index is 5.92. The van der Waals surface area contributed by atoms with Crippen molar-refractivity contribution in [1.29, 1.82) is 0 Å². The molecule has 0 bridgehead atoms. The van der Waals surface area contributed by atoms with Gasteiger partial charge in [-0.15, -0.1) is 0 Å². The van der Waals surface area contributed by atoms with E-state index in [2.05, 4.69) is 5.32 Å². The average molecular weight is 278 g/mol. The van der Waals surface area contributed by atoms with Crippen molar-refractivity contribution in [2.45, 2.75) is 31.7 Å². The van der Waals surface area contributed by atoms with Crippen molar-refractivity contribution in [2.24, 2.45) is 11.7 Å². The van der Waals surface area contributed by atoms with Gasteiger partial charge in [-0.3, -0.25) is 0 Å². The monoisotopic (exact) mass is 278 g/mol. The fourth-order valence-electron chi connectivity index (χ4n) is 2.58. The molecule has 0 radical (unpaired) electrons. The SMILES string of the molecule is COc1cccc(C(CN)NCCCC2CC2)c1OC. The van der Waals surface area contributed by atoms with Gasteiger partial charge < -0.3 is 20.5 Å². The van der Waals surface area contributed by atoms with Crippen LogP contribution in [0, 0.1) is 5.92 Å². The van der Waals surface area contributed by atoms with Gasteiger partial charge in [-0.1, -0.05) is 25.0 Å². The van der Waals surface area contributed by atoms with Crippen LogP contribution in [0.4, 0.5) is 0 Å². The molecule has 1 aromatic carbocycles. The summed E-state index contributed by atoms with van der Waals surface area (Å²) in [6.45, 7) is 1.55. The van der Waals surface area contributed by atoms with Crippen LogP contribution in [0.5, 0.6) is 11.5 Å². The molecule has 0 heterocycles. The van der Waals surface area contributed by atoms with Crippen molar-refractivity contribution >= 4 is 0 Å². The number of hydrogen-bond acceptors (Lipinski definition) is 4. The van der Waals surface area contributed by atoms with Crippen LogP contribution in [-0.4, -0.2) is 27.3 Å². The van der Waals surface area contributed by atoms with E-state index in [4.69, 9.17) is 15.2 Å². The molecule has 1 aromatic rings. The van der Waals surface area contributed by atoms with Crippen LogP contribution < -0.4 is 20.5 Å². The zero-order valence-corrected chi connectivity index (χ0v) is 12.5. The summed E-state index contributed by atoms with van der Waals surface area (Å²) >= 11 is 0. The lowest BCUT2D eigenvalue weighted by atomic mass is 10.0. The van der Waals surface area contributed by atoms with Crippen LogP contribution in [0.25, 0.3) is 0 Å². The Balaban J connectivity index is 1.97. The Labute approximate surface area is 121 Å². The Kier molecular flexibility index (Phi) is 5.68. The standard InChI is InChI=1S/C16H26N2O2/c1-19-15-7-3-6-13(16(15)20-2)14(11-17)18-10-4-5-12-8-9-12/h3,6-7,12,14,18H,4-5,8-11,17H2,1-2H3. The molecule has 1 unspecified atom stereocenters. The zero-order chi connectivity index (χ0) is 14.4. The van der Waals surface area contributed by atoms with E-state index >= 15 is 0 Å². The quantitative estimate of drug-likeness (QED) is 0.681. The molecule has 0 aromatic heterocycles. The predicted octanol–water partition coefficient (Wildman–Crippen LogP) is 2.48. The van der Waals surface area contributed by atoms with E-state index in [0.29, 0.717) is 6.54 Å². The van der Waals surface area contributed by atoms with Crippen molar-refractivity contribution in [3.8, 4) is 11.5 Å². The molecule has 4 nitrogen and oxygen atoms in total. The fourth-order valence-corrected chi connectivity index (χ4v) is 2.58. The number of nitrogens with one attached hydrogen (secondary N) is 1. The Morgan fingerprint density at radius 2 is 2.10 bits per heavy atom. The average Bonchev–Trinajstić information content (AvgIpc) is 3.30. The molecule has 1 fully saturated rings. The van der Waals surface area contributed by atoms with E-state index in [1.807, 2.05) is 18.2 Å². The molecule has 0 aliphatic heterocycles. The molecule has 1 aliphatic rings. The van der Waals surface area contributed by atoms with Gasteiger partial charge in [0.15, 0.2) is 11.5 Å². The van der Waals surface area contributed by atoms with Gasteiger partial charge in [0.2, 0.25) is 0 Å². The van der Waals surface area contributed by atoms with Gasteiger partial charge in [-0.25, -0.2) is 0 Å². The van der Waals surface area contributed by atoms with Gasteiger partial charge in [0.25, 0.3) is 0 Å². The third-order valence-corrected chi connectivity index (χ3v) is 3.92. The van der Waals surface area contributed by atoms with E-state index in [1.54, 1.807) is 14.2 Å². The summed E-state index contributed by atoms with van der Waals surface area (Å²) in [6, 6.07) is 6.04. The van der Waals surface area contributed by atoms with Crippen molar-refractivity contribution in [3.63, 3.8) is 0 Å². The molecule has 0 spiro atoms. The minimum atomic E-state index is 0.110. The van der Waals surface area contributed by atoms with Crippen LogP contribution in [0.3, 0.4) is 0 Å². The highest BCUT2D eigenvalue weighted by atomic mass is 16.5. The van der Waals surface area contributed by atoms with Crippen molar-refractivity contribution in [3.05, 3.63) is 23.8 Å². The van der Waals surface area contributed by atoms with Crippen molar-refractivity contribution in [2.75, 3.05) is 27.3 Å². The van der Waals surface area contributed by atoms with Crippen molar-refractivity contribution in [1.82, 2.24) is 5.32 Å². The highest BCUT2D eigenvalue weighted by Gasteiger charge is 2.21. The van der Waals surface area contributed by atoms with Crippen LogP contribution >= 0.6 is 0 Å². The van der Waals surface area contributed by atoms with Crippen molar-refractivity contribution < 1.29 is 9.47 Å². The second kappa shape index (κ2) is 7.50. The maximum Gasteiger partial charge on any atom is 0.165 e. The van der Waals surface area contributed by atoms with E-state index in [9.17, 15) is 0 Å². The smallest absolute Gasteiger partial charge is 0.165 e. The molecule has 1 aliphatic carbocycles. The summed E-state index contributed by atoms with van der Waals surface area (Å²) in [5, 5.41) is 3.53. The fraction of sp³-hybridized carbons (Fsp3) is 0.625. The van der Waals surface area contributed by atoms with Gasteiger partial charge in [0.1, 0.15) is 0 Å². The Morgan fingerprint density at radius 1 is 1.30 bits per heavy atom. The van der Waals surface area contributed by atoms with Crippen LogP contribution in [0.1, 0.15) is 37.3 Å². The van der Waals surface area contributed by atoms with Crippen LogP contribution in [0.2, 0.25) is 0 Å². The lowest BCUT2D eigenvalue weighted by Crippen LogP contribution is -2.29. The van der Waals surface area contributed by atoms with Gasteiger partial charge in [-0.2, -0.15) is 0 Å². The number of ether oxygens (including phenoxy) is 2. The van der Waals surface area contributed by atoms with E-state index in [-0.39, 0.29) is 6.04 Å². The first kappa shape index (κ1) is 15.1. The predicted molar refractivity (Wildman–Crippen MR) is 81.3 cm³/mol. The highest BCUT2D eigenvalue weighted by molar-refractivity contribution is 5.48. The van der Waals surface area contributed by atoms with E-state index < -0.39 is 0 Å². The largest absolute Gasteiger partial charge is 0.493 e. The number of rotatable bonds is 9.